The average molecular weight is 525 g/mol. The van der Waals surface area contributed by atoms with Gasteiger partial charge in [-0.1, -0.05) is 42.1 Å². The van der Waals surface area contributed by atoms with Crippen molar-refractivity contribution in [3.63, 3.8) is 0 Å². The number of ether oxygens (including phenoxy) is 2. The molecule has 0 saturated heterocycles. The zero-order valence-electron chi connectivity index (χ0n) is 20.6. The molecular weight excluding hydrogens is 496 g/mol. The van der Waals surface area contributed by atoms with Gasteiger partial charge in [0.2, 0.25) is 10.0 Å². The molecular formula is C26H28N4O4S2. The van der Waals surface area contributed by atoms with Gasteiger partial charge in [0.15, 0.2) is 11.0 Å². The summed E-state index contributed by atoms with van der Waals surface area (Å²) in [7, 11) is 1.03. The van der Waals surface area contributed by atoms with E-state index >= 15 is 0 Å². The fourth-order valence-corrected chi connectivity index (χ4v) is 5.25. The third-order valence-electron chi connectivity index (χ3n) is 5.39. The fraction of sp³-hybridized carbons (Fsp3) is 0.231. The lowest BCUT2D eigenvalue weighted by Crippen LogP contribution is -2.22. The summed E-state index contributed by atoms with van der Waals surface area (Å²) in [6, 6.07) is 22.2. The number of rotatable bonds is 10. The van der Waals surface area contributed by atoms with Crippen molar-refractivity contribution in [3.8, 4) is 28.6 Å². The normalized spacial score (nSPS) is 11.6. The standard InChI is InChI=1S/C26H28N4O4S2/c1-19-8-5-12-23(16-19)34-14-15-35-26-28-27-25(30(26)21-10-7-11-22(18-21)33-4)20-9-6-13-24(17-20)36(31,32)29(2)3/h5-13,16-18H,14-15H2,1-4H3. The predicted octanol–water partition coefficient (Wildman–Crippen LogP) is 4.67. The topological polar surface area (TPSA) is 86.5 Å². The van der Waals surface area contributed by atoms with E-state index in [1.54, 1.807) is 25.3 Å². The van der Waals surface area contributed by atoms with Gasteiger partial charge < -0.3 is 9.47 Å². The summed E-state index contributed by atoms with van der Waals surface area (Å²) in [6.45, 7) is 2.52. The highest BCUT2D eigenvalue weighted by Gasteiger charge is 2.21. The number of hydrogen-bond donors (Lipinski definition) is 0. The minimum absolute atomic E-state index is 0.186. The van der Waals surface area contributed by atoms with Gasteiger partial charge in [0.1, 0.15) is 11.5 Å². The predicted molar refractivity (Wildman–Crippen MR) is 142 cm³/mol. The minimum Gasteiger partial charge on any atom is -0.497 e. The van der Waals surface area contributed by atoms with Crippen LogP contribution in [0.25, 0.3) is 17.1 Å². The molecule has 0 saturated carbocycles. The molecule has 0 unspecified atom stereocenters. The van der Waals surface area contributed by atoms with Gasteiger partial charge >= 0.3 is 0 Å². The largest absolute Gasteiger partial charge is 0.497 e. The Morgan fingerprint density at radius 2 is 1.69 bits per heavy atom. The number of sulfonamides is 1. The lowest BCUT2D eigenvalue weighted by Gasteiger charge is -2.14. The van der Waals surface area contributed by atoms with Gasteiger partial charge in [0.25, 0.3) is 0 Å². The number of aryl methyl sites for hydroxylation is 1. The van der Waals surface area contributed by atoms with Gasteiger partial charge in [0, 0.05) is 31.5 Å². The first-order valence-corrected chi connectivity index (χ1v) is 13.7. The summed E-state index contributed by atoms with van der Waals surface area (Å²) in [5.74, 6) is 2.69. The highest BCUT2D eigenvalue weighted by Crippen LogP contribution is 2.31. The number of thioether (sulfide) groups is 1. The molecule has 0 N–H and O–H groups in total. The molecule has 8 nitrogen and oxygen atoms in total. The van der Waals surface area contributed by atoms with Crippen molar-refractivity contribution < 1.29 is 17.9 Å². The molecule has 0 aliphatic heterocycles. The van der Waals surface area contributed by atoms with Gasteiger partial charge in [0.05, 0.1) is 24.3 Å². The lowest BCUT2D eigenvalue weighted by molar-refractivity contribution is 0.343. The molecule has 10 heteroatoms. The Hall–Kier alpha value is -3.34. The van der Waals surface area contributed by atoms with E-state index in [1.807, 2.05) is 66.1 Å². The molecule has 1 heterocycles. The maximum Gasteiger partial charge on any atom is 0.242 e. The van der Waals surface area contributed by atoms with Crippen LogP contribution in [-0.2, 0) is 10.0 Å². The molecule has 0 aliphatic rings. The second-order valence-corrected chi connectivity index (χ2v) is 11.4. The van der Waals surface area contributed by atoms with Crippen LogP contribution in [0.2, 0.25) is 0 Å². The number of nitrogens with zero attached hydrogens (tertiary/aromatic N) is 4. The van der Waals surface area contributed by atoms with Crippen LogP contribution in [0.3, 0.4) is 0 Å². The summed E-state index contributed by atoms with van der Waals surface area (Å²) in [5.41, 5.74) is 2.58. The molecule has 0 radical (unpaired) electrons. The van der Waals surface area contributed by atoms with Crippen molar-refractivity contribution in [2.75, 3.05) is 33.6 Å². The van der Waals surface area contributed by atoms with Crippen molar-refractivity contribution in [2.45, 2.75) is 17.0 Å². The zero-order chi connectivity index (χ0) is 25.7. The Labute approximate surface area is 215 Å². The van der Waals surface area contributed by atoms with E-state index in [9.17, 15) is 8.42 Å². The first-order chi connectivity index (χ1) is 17.3. The van der Waals surface area contributed by atoms with Crippen molar-refractivity contribution in [1.82, 2.24) is 19.1 Å². The second kappa shape index (κ2) is 11.2. The monoisotopic (exact) mass is 524 g/mol. The summed E-state index contributed by atoms with van der Waals surface area (Å²) < 4.78 is 39.8. The van der Waals surface area contributed by atoms with Crippen LogP contribution < -0.4 is 9.47 Å². The van der Waals surface area contributed by atoms with Crippen LogP contribution in [0, 0.1) is 6.92 Å². The van der Waals surface area contributed by atoms with E-state index < -0.39 is 10.0 Å². The number of methoxy groups -OCH3 is 1. The quantitative estimate of drug-likeness (QED) is 0.220. The zero-order valence-corrected chi connectivity index (χ0v) is 22.2. The Balaban J connectivity index is 1.67. The van der Waals surface area contributed by atoms with Crippen LogP contribution >= 0.6 is 11.8 Å². The molecule has 0 spiro atoms. The van der Waals surface area contributed by atoms with Gasteiger partial charge in [-0.15, -0.1) is 10.2 Å². The third kappa shape index (κ3) is 5.72. The third-order valence-corrected chi connectivity index (χ3v) is 8.09. The summed E-state index contributed by atoms with van der Waals surface area (Å²) in [5, 5.41) is 9.53. The average Bonchev–Trinajstić information content (AvgIpc) is 3.30. The van der Waals surface area contributed by atoms with Crippen LogP contribution in [0.1, 0.15) is 5.56 Å². The van der Waals surface area contributed by atoms with E-state index in [-0.39, 0.29) is 4.90 Å². The molecule has 4 aromatic rings. The Morgan fingerprint density at radius 3 is 2.44 bits per heavy atom. The van der Waals surface area contributed by atoms with Crippen LogP contribution in [0.5, 0.6) is 11.5 Å². The first kappa shape index (κ1) is 25.7. The van der Waals surface area contributed by atoms with E-state index in [4.69, 9.17) is 9.47 Å². The maximum atomic E-state index is 12.7. The van der Waals surface area contributed by atoms with Crippen molar-refractivity contribution in [2.24, 2.45) is 0 Å². The van der Waals surface area contributed by atoms with E-state index in [2.05, 4.69) is 10.2 Å². The number of aromatic nitrogens is 3. The molecule has 0 aliphatic carbocycles. The maximum absolute atomic E-state index is 12.7. The first-order valence-electron chi connectivity index (χ1n) is 11.2. The van der Waals surface area contributed by atoms with Crippen molar-refractivity contribution >= 4 is 21.8 Å². The Morgan fingerprint density at radius 1 is 0.944 bits per heavy atom. The Kier molecular flexibility index (Phi) is 7.97. The summed E-state index contributed by atoms with van der Waals surface area (Å²) in [4.78, 5) is 0.186. The molecule has 0 amide bonds. The van der Waals surface area contributed by atoms with Gasteiger partial charge in [-0.05, 0) is 48.9 Å². The van der Waals surface area contributed by atoms with Crippen LogP contribution in [-0.4, -0.2) is 61.1 Å². The molecule has 0 bridgehead atoms. The van der Waals surface area contributed by atoms with E-state index in [0.29, 0.717) is 34.7 Å². The van der Waals surface area contributed by atoms with Gasteiger partial charge in [-0.25, -0.2) is 12.7 Å². The molecule has 188 valence electrons. The second-order valence-electron chi connectivity index (χ2n) is 8.17. The lowest BCUT2D eigenvalue weighted by atomic mass is 10.2. The molecule has 3 aromatic carbocycles. The summed E-state index contributed by atoms with van der Waals surface area (Å²) in [6.07, 6.45) is 0. The van der Waals surface area contributed by atoms with Gasteiger partial charge in [-0.2, -0.15) is 0 Å². The molecule has 0 fully saturated rings. The van der Waals surface area contributed by atoms with Gasteiger partial charge in [-0.3, -0.25) is 4.57 Å². The summed E-state index contributed by atoms with van der Waals surface area (Å²) >= 11 is 1.51. The molecule has 4 rings (SSSR count). The van der Waals surface area contributed by atoms with Crippen molar-refractivity contribution in [3.05, 3.63) is 78.4 Å². The van der Waals surface area contributed by atoms with E-state index in [0.717, 1.165) is 17.0 Å². The smallest absolute Gasteiger partial charge is 0.242 e. The highest BCUT2D eigenvalue weighted by molar-refractivity contribution is 7.99. The number of benzene rings is 3. The molecule has 0 atom stereocenters. The molecule has 1 aromatic heterocycles. The minimum atomic E-state index is -3.60. The van der Waals surface area contributed by atoms with Crippen LogP contribution in [0.4, 0.5) is 0 Å². The van der Waals surface area contributed by atoms with E-state index in [1.165, 1.54) is 30.2 Å². The molecule has 36 heavy (non-hydrogen) atoms. The number of hydrogen-bond acceptors (Lipinski definition) is 7. The highest BCUT2D eigenvalue weighted by atomic mass is 32.2. The Bertz CT molecular complexity index is 1450. The van der Waals surface area contributed by atoms with Crippen molar-refractivity contribution in [1.29, 1.82) is 0 Å². The fourth-order valence-electron chi connectivity index (χ4n) is 3.54. The SMILES string of the molecule is COc1cccc(-n2c(SCCOc3cccc(C)c3)nnc2-c2cccc(S(=O)(=O)N(C)C)c2)c1. The van der Waals surface area contributed by atoms with Crippen LogP contribution in [0.15, 0.2) is 82.8 Å².